The fourth-order valence-electron chi connectivity index (χ4n) is 10.4. The van der Waals surface area contributed by atoms with Gasteiger partial charge < -0.3 is 0 Å². The molecule has 4 aliphatic rings. The largest absolute Gasteiger partial charge is 0.0876 e. The van der Waals surface area contributed by atoms with E-state index in [0.717, 1.165) is 12.8 Å². The predicted octanol–water partition coefficient (Wildman–Crippen LogP) is 13.6. The van der Waals surface area contributed by atoms with E-state index in [0.29, 0.717) is 35.5 Å². The molecular formula is C54H56P2. The first-order valence-corrected chi connectivity index (χ1v) is 24.7. The lowest BCUT2D eigenvalue weighted by atomic mass is 9.89. The van der Waals surface area contributed by atoms with Crippen molar-refractivity contribution < 1.29 is 0 Å². The highest BCUT2D eigenvalue weighted by atomic mass is 31.1. The molecule has 282 valence electrons. The maximum absolute atomic E-state index is 2.61. The van der Waals surface area contributed by atoms with E-state index in [1.807, 2.05) is 0 Å². The van der Waals surface area contributed by atoms with Gasteiger partial charge in [-0.1, -0.05) is 198 Å². The molecule has 0 bridgehead atoms. The molecule has 0 saturated heterocycles. The predicted molar refractivity (Wildman–Crippen MR) is 246 cm³/mol. The fraction of sp³-hybridized carbons (Fsp3) is 0.296. The SMILES string of the molecule is C1=C[C@@H](CP(C[C@H]2CCC=C2c2ccccc2)c2ccccc2P(C[C@H]2CCC=C2c2ccccc2)C[C@@H]2C=CCC2c2ccccc2)C(c2ccccc2)C1. The highest BCUT2D eigenvalue weighted by Gasteiger charge is 2.35. The van der Waals surface area contributed by atoms with Crippen LogP contribution in [0.4, 0.5) is 0 Å². The van der Waals surface area contributed by atoms with Crippen LogP contribution in [0.1, 0.15) is 72.6 Å². The first-order valence-electron chi connectivity index (χ1n) is 21.3. The van der Waals surface area contributed by atoms with Crippen LogP contribution < -0.4 is 10.6 Å². The first kappa shape index (κ1) is 37.5. The Labute approximate surface area is 339 Å². The molecule has 4 unspecified atom stereocenters. The average molecular weight is 767 g/mol. The zero-order chi connectivity index (χ0) is 37.5. The van der Waals surface area contributed by atoms with E-state index >= 15 is 0 Å². The molecule has 0 amide bonds. The fourth-order valence-corrected chi connectivity index (χ4v) is 17.3. The van der Waals surface area contributed by atoms with Crippen molar-refractivity contribution in [1.29, 1.82) is 0 Å². The molecule has 56 heavy (non-hydrogen) atoms. The monoisotopic (exact) mass is 766 g/mol. The summed E-state index contributed by atoms with van der Waals surface area (Å²) in [6.45, 7) is 0. The van der Waals surface area contributed by atoms with Crippen LogP contribution in [-0.2, 0) is 0 Å². The second-order valence-corrected chi connectivity index (χ2v) is 21.2. The smallest absolute Gasteiger partial charge is 0.00610 e. The molecule has 0 aromatic heterocycles. The van der Waals surface area contributed by atoms with Crippen LogP contribution in [0.5, 0.6) is 0 Å². The summed E-state index contributed by atoms with van der Waals surface area (Å²) in [4.78, 5) is 0. The Bertz CT molecular complexity index is 1980. The van der Waals surface area contributed by atoms with Crippen LogP contribution in [0, 0.1) is 23.7 Å². The quantitative estimate of drug-likeness (QED) is 0.0780. The van der Waals surface area contributed by atoms with Crippen molar-refractivity contribution in [2.24, 2.45) is 23.7 Å². The Morgan fingerprint density at radius 1 is 0.411 bits per heavy atom. The van der Waals surface area contributed by atoms with Crippen molar-refractivity contribution in [3.05, 3.63) is 204 Å². The van der Waals surface area contributed by atoms with Crippen LogP contribution >= 0.6 is 15.8 Å². The topological polar surface area (TPSA) is 0 Å². The molecule has 0 aliphatic heterocycles. The van der Waals surface area contributed by atoms with Crippen molar-refractivity contribution in [1.82, 2.24) is 0 Å². The third-order valence-corrected chi connectivity index (χ3v) is 19.0. The normalized spacial score (nSPS) is 25.3. The highest BCUT2D eigenvalue weighted by Crippen LogP contribution is 2.53. The van der Waals surface area contributed by atoms with Gasteiger partial charge in [0.15, 0.2) is 0 Å². The summed E-state index contributed by atoms with van der Waals surface area (Å²) in [5.41, 5.74) is 9.10. The second-order valence-electron chi connectivity index (χ2n) is 16.6. The van der Waals surface area contributed by atoms with Crippen LogP contribution in [0.3, 0.4) is 0 Å². The maximum atomic E-state index is 2.61. The minimum Gasteiger partial charge on any atom is -0.0876 e. The molecule has 0 saturated carbocycles. The van der Waals surface area contributed by atoms with Gasteiger partial charge in [0.25, 0.3) is 0 Å². The molecule has 2 heteroatoms. The minimum atomic E-state index is -0.419. The summed E-state index contributed by atoms with van der Waals surface area (Å²) in [5, 5.41) is 3.45. The molecule has 5 aromatic carbocycles. The molecule has 5 aromatic rings. The Kier molecular flexibility index (Phi) is 12.1. The van der Waals surface area contributed by atoms with Gasteiger partial charge in [0.2, 0.25) is 0 Å². The molecule has 4 aliphatic carbocycles. The number of benzene rings is 5. The van der Waals surface area contributed by atoms with Gasteiger partial charge >= 0.3 is 0 Å². The lowest BCUT2D eigenvalue weighted by Gasteiger charge is -2.34. The molecule has 8 atom stereocenters. The number of hydrogen-bond acceptors (Lipinski definition) is 0. The molecule has 0 fully saturated rings. The standard InChI is InChI=1S/C54H56P2/c1-5-19-41(20-6-1)49-31-15-27-45(49)37-55(38-46-28-16-32-50(46)42-21-7-2-8-22-42)53-35-13-14-36-54(53)56(39-47-29-17-33-51(47)43-23-9-3-10-24-43)40-48-30-18-34-52(48)44-25-11-4-12-26-44/h1-15,17,19-27,29,32,34-36,45-49,51H,16,18,28,30-31,33,37-40H2/t45-,46+,47-,48+,49?,51?,55?,56?/m0/s1. The van der Waals surface area contributed by atoms with Crippen molar-refractivity contribution in [3.63, 3.8) is 0 Å². The van der Waals surface area contributed by atoms with Gasteiger partial charge in [-0.05, 0) is 143 Å². The van der Waals surface area contributed by atoms with Crippen molar-refractivity contribution >= 4 is 37.6 Å². The summed E-state index contributed by atoms with van der Waals surface area (Å²) in [6.07, 6.45) is 27.8. The second kappa shape index (κ2) is 18.0. The van der Waals surface area contributed by atoms with Crippen LogP contribution in [0.25, 0.3) is 11.1 Å². The molecule has 0 spiro atoms. The van der Waals surface area contributed by atoms with Crippen molar-refractivity contribution in [2.75, 3.05) is 24.6 Å². The lowest BCUT2D eigenvalue weighted by Crippen LogP contribution is -2.30. The summed E-state index contributed by atoms with van der Waals surface area (Å²) in [7, 11) is -0.838. The van der Waals surface area contributed by atoms with E-state index in [9.17, 15) is 0 Å². The van der Waals surface area contributed by atoms with E-state index < -0.39 is 15.8 Å². The average Bonchev–Trinajstić information content (AvgIpc) is 4.11. The number of hydrogen-bond donors (Lipinski definition) is 0. The zero-order valence-electron chi connectivity index (χ0n) is 32.8. The summed E-state index contributed by atoms with van der Waals surface area (Å²) in [5.74, 6) is 3.55. The molecule has 0 radical (unpaired) electrons. The highest BCUT2D eigenvalue weighted by molar-refractivity contribution is 7.72. The summed E-state index contributed by atoms with van der Waals surface area (Å²) in [6, 6.07) is 55.5. The summed E-state index contributed by atoms with van der Waals surface area (Å²) >= 11 is 0. The molecule has 0 heterocycles. The van der Waals surface area contributed by atoms with Gasteiger partial charge in [-0.3, -0.25) is 0 Å². The van der Waals surface area contributed by atoms with Gasteiger partial charge in [-0.25, -0.2) is 0 Å². The third kappa shape index (κ3) is 8.45. The van der Waals surface area contributed by atoms with Gasteiger partial charge in [0.05, 0.1) is 0 Å². The Balaban J connectivity index is 1.09. The molecule has 0 nitrogen and oxygen atoms in total. The number of rotatable bonds is 14. The lowest BCUT2D eigenvalue weighted by molar-refractivity contribution is 0.592. The van der Waals surface area contributed by atoms with E-state index in [4.69, 9.17) is 0 Å². The Hall–Kier alpha value is -4.08. The summed E-state index contributed by atoms with van der Waals surface area (Å²) < 4.78 is 0. The Morgan fingerprint density at radius 2 is 0.786 bits per heavy atom. The van der Waals surface area contributed by atoms with Gasteiger partial charge in [0.1, 0.15) is 0 Å². The Morgan fingerprint density at radius 3 is 1.20 bits per heavy atom. The minimum absolute atomic E-state index is 0.419. The third-order valence-electron chi connectivity index (χ3n) is 13.2. The van der Waals surface area contributed by atoms with Crippen LogP contribution in [-0.4, -0.2) is 24.6 Å². The van der Waals surface area contributed by atoms with E-state index in [-0.39, 0.29) is 0 Å². The molecular weight excluding hydrogens is 711 g/mol. The van der Waals surface area contributed by atoms with Gasteiger partial charge in [-0.15, -0.1) is 0 Å². The number of allylic oxidation sites excluding steroid dienone is 8. The molecule has 9 rings (SSSR count). The first-order chi connectivity index (χ1) is 27.8. The molecule has 0 N–H and O–H groups in total. The van der Waals surface area contributed by atoms with Gasteiger partial charge in [-0.2, -0.15) is 0 Å². The van der Waals surface area contributed by atoms with Gasteiger partial charge in [0, 0.05) is 0 Å². The zero-order valence-corrected chi connectivity index (χ0v) is 34.5. The van der Waals surface area contributed by atoms with Crippen LogP contribution in [0.2, 0.25) is 0 Å². The maximum Gasteiger partial charge on any atom is -0.00610 e. The van der Waals surface area contributed by atoms with E-state index in [1.54, 1.807) is 21.8 Å². The van der Waals surface area contributed by atoms with E-state index in [1.165, 1.54) is 72.6 Å². The van der Waals surface area contributed by atoms with E-state index in [2.05, 4.69) is 182 Å². The van der Waals surface area contributed by atoms with Crippen molar-refractivity contribution in [2.45, 2.75) is 50.4 Å². The van der Waals surface area contributed by atoms with Crippen molar-refractivity contribution in [3.8, 4) is 0 Å². The van der Waals surface area contributed by atoms with Crippen LogP contribution in [0.15, 0.2) is 182 Å².